The Hall–Kier alpha value is -0.180. The van der Waals surface area contributed by atoms with Crippen LogP contribution >= 0.6 is 11.8 Å². The molecule has 1 rings (SSSR count). The smallest absolute Gasteiger partial charge is 0.0620 e. The van der Waals surface area contributed by atoms with Gasteiger partial charge in [-0.25, -0.2) is 0 Å². The number of thioether (sulfide) groups is 1. The molecule has 0 spiro atoms. The Balaban J connectivity index is 2.68. The van der Waals surface area contributed by atoms with Crippen molar-refractivity contribution >= 4 is 17.5 Å². The van der Waals surface area contributed by atoms with Crippen LogP contribution < -0.4 is 0 Å². The number of hydrogen-bond donors (Lipinski definition) is 1. The summed E-state index contributed by atoms with van der Waals surface area (Å²) in [6, 6.07) is 0. The molecule has 0 aromatic rings. The van der Waals surface area contributed by atoms with Crippen LogP contribution in [0.4, 0.5) is 0 Å². The number of hydrogen-bond acceptors (Lipinski definition) is 3. The lowest BCUT2D eigenvalue weighted by Crippen LogP contribution is -2.32. The van der Waals surface area contributed by atoms with Crippen LogP contribution in [0.15, 0.2) is 5.16 Å². The van der Waals surface area contributed by atoms with E-state index in [2.05, 4.69) is 25.9 Å². The van der Waals surface area contributed by atoms with Crippen LogP contribution in [0.25, 0.3) is 0 Å². The molecule has 0 unspecified atom stereocenters. The second kappa shape index (κ2) is 4.17. The van der Waals surface area contributed by atoms with E-state index in [0.29, 0.717) is 16.4 Å². The van der Waals surface area contributed by atoms with E-state index in [1.54, 1.807) is 0 Å². The van der Waals surface area contributed by atoms with Gasteiger partial charge in [0.2, 0.25) is 0 Å². The quantitative estimate of drug-likeness (QED) is 0.505. The van der Waals surface area contributed by atoms with E-state index in [1.165, 1.54) is 0 Å². The Bertz CT molecular complexity index is 181. The predicted octanol–water partition coefficient (Wildman–Crippen LogP) is 2.76. The summed E-state index contributed by atoms with van der Waals surface area (Å²) in [5.41, 5.74) is 0.980. The minimum Gasteiger partial charge on any atom is -0.411 e. The summed E-state index contributed by atoms with van der Waals surface area (Å²) < 4.78 is 0. The third-order valence-electron chi connectivity index (χ3n) is 2.52. The summed E-state index contributed by atoms with van der Waals surface area (Å²) in [4.78, 5) is 0. The fourth-order valence-corrected chi connectivity index (χ4v) is 3.19. The zero-order valence-electron chi connectivity index (χ0n) is 7.95. The average molecular weight is 187 g/mol. The molecule has 12 heavy (non-hydrogen) atoms. The molecule has 3 atom stereocenters. The molecule has 0 aliphatic carbocycles. The molecule has 1 aliphatic rings. The molecule has 2 nitrogen and oxygen atoms in total. The van der Waals surface area contributed by atoms with Crippen molar-refractivity contribution in [2.45, 2.75) is 44.1 Å². The molecule has 1 fully saturated rings. The highest BCUT2D eigenvalue weighted by Gasteiger charge is 2.29. The first kappa shape index (κ1) is 9.90. The Morgan fingerprint density at radius 1 is 1.58 bits per heavy atom. The van der Waals surface area contributed by atoms with Crippen molar-refractivity contribution in [3.05, 3.63) is 0 Å². The maximum atomic E-state index is 8.77. The van der Waals surface area contributed by atoms with Gasteiger partial charge in [-0.05, 0) is 6.42 Å². The minimum atomic E-state index is 0.446. The van der Waals surface area contributed by atoms with E-state index in [0.717, 1.165) is 18.6 Å². The molecule has 3 heteroatoms. The number of rotatable bonds is 1. The van der Waals surface area contributed by atoms with E-state index < -0.39 is 0 Å². The first-order chi connectivity index (χ1) is 5.69. The molecule has 1 heterocycles. The highest BCUT2D eigenvalue weighted by Crippen LogP contribution is 2.35. The van der Waals surface area contributed by atoms with Crippen LogP contribution in [0, 0.1) is 5.92 Å². The van der Waals surface area contributed by atoms with Crippen molar-refractivity contribution in [2.24, 2.45) is 11.1 Å². The lowest BCUT2D eigenvalue weighted by Gasteiger charge is -2.32. The van der Waals surface area contributed by atoms with Gasteiger partial charge in [0.1, 0.15) is 0 Å². The van der Waals surface area contributed by atoms with Crippen LogP contribution in [0.3, 0.4) is 0 Å². The maximum Gasteiger partial charge on any atom is 0.0620 e. The Morgan fingerprint density at radius 3 is 2.75 bits per heavy atom. The van der Waals surface area contributed by atoms with E-state index in [-0.39, 0.29) is 0 Å². The monoisotopic (exact) mass is 187 g/mol. The molecule has 1 aliphatic heterocycles. The minimum absolute atomic E-state index is 0.446. The largest absolute Gasteiger partial charge is 0.411 e. The van der Waals surface area contributed by atoms with Crippen LogP contribution in [-0.4, -0.2) is 21.4 Å². The third kappa shape index (κ3) is 1.94. The zero-order valence-corrected chi connectivity index (χ0v) is 8.77. The SMILES string of the molecule is CC[C@H]1S[C@H](C)C/C(=N\O)[C@@H]1C. The predicted molar refractivity (Wildman–Crippen MR) is 54.1 cm³/mol. The standard InChI is InChI=1S/C9H17NOS/c1-4-9-7(3)8(10-11)5-6(2)12-9/h6-7,9,11H,4-5H2,1-3H3/b10-8+/t6-,7+,9-/m1/s1. The van der Waals surface area contributed by atoms with Crippen LogP contribution in [0.5, 0.6) is 0 Å². The fraction of sp³-hybridized carbons (Fsp3) is 0.889. The topological polar surface area (TPSA) is 32.6 Å². The summed E-state index contributed by atoms with van der Waals surface area (Å²) in [6.45, 7) is 6.55. The van der Waals surface area contributed by atoms with Gasteiger partial charge in [0.25, 0.3) is 0 Å². The highest BCUT2D eigenvalue weighted by molar-refractivity contribution is 8.00. The molecule has 1 saturated heterocycles. The Kier molecular flexibility index (Phi) is 3.44. The van der Waals surface area contributed by atoms with Crippen molar-refractivity contribution in [1.29, 1.82) is 0 Å². The molecule has 0 aromatic heterocycles. The zero-order chi connectivity index (χ0) is 9.14. The normalized spacial score (nSPS) is 40.2. The fourth-order valence-electron chi connectivity index (χ4n) is 1.74. The molecular weight excluding hydrogens is 170 g/mol. The average Bonchev–Trinajstić information content (AvgIpc) is 2.08. The third-order valence-corrected chi connectivity index (χ3v) is 4.24. The summed E-state index contributed by atoms with van der Waals surface area (Å²) in [5.74, 6) is 0.446. The summed E-state index contributed by atoms with van der Waals surface area (Å²) >= 11 is 2.02. The first-order valence-electron chi connectivity index (χ1n) is 4.55. The molecule has 0 radical (unpaired) electrons. The van der Waals surface area contributed by atoms with Gasteiger partial charge in [-0.15, -0.1) is 0 Å². The van der Waals surface area contributed by atoms with Crippen molar-refractivity contribution in [3.63, 3.8) is 0 Å². The van der Waals surface area contributed by atoms with Gasteiger partial charge in [-0.3, -0.25) is 0 Å². The van der Waals surface area contributed by atoms with Gasteiger partial charge >= 0.3 is 0 Å². The lowest BCUT2D eigenvalue weighted by molar-refractivity contribution is 0.312. The van der Waals surface area contributed by atoms with Gasteiger partial charge in [-0.2, -0.15) is 11.8 Å². The van der Waals surface area contributed by atoms with Crippen molar-refractivity contribution in [1.82, 2.24) is 0 Å². The lowest BCUT2D eigenvalue weighted by atomic mass is 9.95. The summed E-state index contributed by atoms with van der Waals surface area (Å²) in [7, 11) is 0. The van der Waals surface area contributed by atoms with Crippen molar-refractivity contribution in [3.8, 4) is 0 Å². The number of nitrogens with zero attached hydrogens (tertiary/aromatic N) is 1. The number of oxime groups is 1. The summed E-state index contributed by atoms with van der Waals surface area (Å²) in [6.07, 6.45) is 2.11. The van der Waals surface area contributed by atoms with E-state index in [1.807, 2.05) is 11.8 Å². The molecule has 1 N–H and O–H groups in total. The van der Waals surface area contributed by atoms with Crippen molar-refractivity contribution < 1.29 is 5.21 Å². The van der Waals surface area contributed by atoms with Crippen LogP contribution in [0.1, 0.15) is 33.6 Å². The highest BCUT2D eigenvalue weighted by atomic mass is 32.2. The van der Waals surface area contributed by atoms with Gasteiger partial charge in [-0.1, -0.05) is 25.9 Å². The van der Waals surface area contributed by atoms with Gasteiger partial charge in [0, 0.05) is 22.8 Å². The maximum absolute atomic E-state index is 8.77. The molecule has 70 valence electrons. The second-order valence-corrected chi connectivity index (χ2v) is 5.16. The molecular formula is C9H17NOS. The second-order valence-electron chi connectivity index (χ2n) is 3.48. The molecule has 0 saturated carbocycles. The van der Waals surface area contributed by atoms with E-state index in [4.69, 9.17) is 5.21 Å². The molecule has 0 aromatic carbocycles. The molecule has 0 bridgehead atoms. The first-order valence-corrected chi connectivity index (χ1v) is 5.49. The Labute approximate surface area is 78.4 Å². The van der Waals surface area contributed by atoms with Crippen molar-refractivity contribution in [2.75, 3.05) is 0 Å². The Morgan fingerprint density at radius 2 is 2.25 bits per heavy atom. The van der Waals surface area contributed by atoms with Gasteiger partial charge in [0.05, 0.1) is 5.71 Å². The van der Waals surface area contributed by atoms with Gasteiger partial charge < -0.3 is 5.21 Å². The van der Waals surface area contributed by atoms with Crippen LogP contribution in [0.2, 0.25) is 0 Å². The molecule has 0 amide bonds. The summed E-state index contributed by atoms with van der Waals surface area (Å²) in [5, 5.41) is 13.4. The van der Waals surface area contributed by atoms with E-state index >= 15 is 0 Å². The van der Waals surface area contributed by atoms with Gasteiger partial charge in [0.15, 0.2) is 0 Å². The van der Waals surface area contributed by atoms with E-state index in [9.17, 15) is 0 Å². The van der Waals surface area contributed by atoms with Crippen LogP contribution in [-0.2, 0) is 0 Å².